The Labute approximate surface area is 185 Å². The number of aliphatic hydroxyl groups excluding tert-OH is 1. The van der Waals surface area contributed by atoms with Crippen LogP contribution < -0.4 is 0 Å². The first-order valence-electron chi connectivity index (χ1n) is 9.87. The smallest absolute Gasteiger partial charge is 0.295 e. The minimum atomic E-state index is -0.734. The van der Waals surface area contributed by atoms with E-state index in [0.29, 0.717) is 16.1 Å². The van der Waals surface area contributed by atoms with E-state index in [1.807, 2.05) is 32.0 Å². The van der Waals surface area contributed by atoms with E-state index in [-0.39, 0.29) is 17.9 Å². The van der Waals surface area contributed by atoms with Crippen molar-refractivity contribution in [3.63, 3.8) is 0 Å². The predicted octanol–water partition coefficient (Wildman–Crippen LogP) is 4.97. The second-order valence-corrected chi connectivity index (χ2v) is 8.08. The maximum atomic E-state index is 13.1. The Morgan fingerprint density at radius 3 is 2.52 bits per heavy atom. The van der Waals surface area contributed by atoms with Gasteiger partial charge in [-0.3, -0.25) is 14.6 Å². The summed E-state index contributed by atoms with van der Waals surface area (Å²) in [6, 6.07) is 15.4. The number of likely N-dealkylation sites (tertiary alicyclic amines) is 1. The number of pyridine rings is 1. The summed E-state index contributed by atoms with van der Waals surface area (Å²) in [4.78, 5) is 31.7. The van der Waals surface area contributed by atoms with Crippen molar-refractivity contribution in [2.45, 2.75) is 26.4 Å². The lowest BCUT2D eigenvalue weighted by molar-refractivity contribution is -0.140. The molecule has 0 bridgehead atoms. The molecule has 6 heteroatoms. The van der Waals surface area contributed by atoms with Crippen LogP contribution in [0.5, 0.6) is 0 Å². The fraction of sp³-hybridized carbons (Fsp3) is 0.160. The first kappa shape index (κ1) is 20.8. The van der Waals surface area contributed by atoms with E-state index in [0.717, 1.165) is 16.7 Å². The molecule has 1 N–H and O–H groups in total. The van der Waals surface area contributed by atoms with Crippen LogP contribution in [0.1, 0.15) is 33.9 Å². The van der Waals surface area contributed by atoms with Crippen LogP contribution in [0.3, 0.4) is 0 Å². The van der Waals surface area contributed by atoms with Crippen molar-refractivity contribution in [3.8, 4) is 0 Å². The summed E-state index contributed by atoms with van der Waals surface area (Å²) in [5.74, 6) is -1.61. The molecule has 1 atom stereocenters. The summed E-state index contributed by atoms with van der Waals surface area (Å²) in [5.41, 5.74) is 4.17. The number of rotatable bonds is 4. The number of carbonyl (C=O) groups excluding carboxylic acids is 2. The van der Waals surface area contributed by atoms with Crippen LogP contribution in [0.25, 0.3) is 5.76 Å². The standard InChI is InChI=1S/C25H21ClN2O3/c1-15-6-7-16(2)19(12-15)14-28-22(17-8-10-27-11-9-17)21(24(30)25(28)31)23(29)18-4-3-5-20(26)13-18/h3-13,22,29H,14H2,1-2H3/b23-21+. The summed E-state index contributed by atoms with van der Waals surface area (Å²) < 4.78 is 0. The van der Waals surface area contributed by atoms with Gasteiger partial charge >= 0.3 is 0 Å². The molecule has 1 aliphatic rings. The minimum absolute atomic E-state index is 0.0452. The lowest BCUT2D eigenvalue weighted by Gasteiger charge is -2.26. The largest absolute Gasteiger partial charge is 0.507 e. The molecule has 0 saturated carbocycles. The molecule has 1 fully saturated rings. The number of carbonyl (C=O) groups is 2. The molecule has 0 aliphatic carbocycles. The van der Waals surface area contributed by atoms with E-state index < -0.39 is 17.7 Å². The topological polar surface area (TPSA) is 70.5 Å². The number of ketones is 1. The van der Waals surface area contributed by atoms with Crippen molar-refractivity contribution in [1.82, 2.24) is 9.88 Å². The number of hydrogen-bond acceptors (Lipinski definition) is 4. The van der Waals surface area contributed by atoms with Crippen molar-refractivity contribution < 1.29 is 14.7 Å². The van der Waals surface area contributed by atoms with Crippen LogP contribution in [-0.2, 0) is 16.1 Å². The third kappa shape index (κ3) is 3.97. The van der Waals surface area contributed by atoms with Gasteiger partial charge in [0, 0.05) is 29.5 Å². The zero-order valence-corrected chi connectivity index (χ0v) is 17.9. The quantitative estimate of drug-likeness (QED) is 0.359. The highest BCUT2D eigenvalue weighted by molar-refractivity contribution is 6.46. The van der Waals surface area contributed by atoms with Crippen LogP contribution in [-0.4, -0.2) is 26.7 Å². The van der Waals surface area contributed by atoms with Crippen LogP contribution in [0, 0.1) is 13.8 Å². The van der Waals surface area contributed by atoms with Gasteiger partial charge in [0.1, 0.15) is 5.76 Å². The summed E-state index contributed by atoms with van der Waals surface area (Å²) in [7, 11) is 0. The molecular formula is C25H21ClN2O3. The van der Waals surface area contributed by atoms with E-state index in [1.165, 1.54) is 4.90 Å². The molecule has 0 spiro atoms. The molecule has 5 nitrogen and oxygen atoms in total. The molecule has 1 aliphatic heterocycles. The minimum Gasteiger partial charge on any atom is -0.507 e. The van der Waals surface area contributed by atoms with Gasteiger partial charge in [0.25, 0.3) is 11.7 Å². The Hall–Kier alpha value is -3.44. The van der Waals surface area contributed by atoms with Crippen LogP contribution in [0.4, 0.5) is 0 Å². The van der Waals surface area contributed by atoms with Crippen molar-refractivity contribution in [3.05, 3.63) is 105 Å². The average Bonchev–Trinajstić information content (AvgIpc) is 3.01. The molecule has 1 amide bonds. The van der Waals surface area contributed by atoms with E-state index in [9.17, 15) is 14.7 Å². The Morgan fingerprint density at radius 2 is 1.81 bits per heavy atom. The molecule has 3 aromatic rings. The number of benzene rings is 2. The third-order valence-corrected chi connectivity index (χ3v) is 5.74. The molecule has 31 heavy (non-hydrogen) atoms. The van der Waals surface area contributed by atoms with Gasteiger partial charge < -0.3 is 10.0 Å². The summed E-state index contributed by atoms with van der Waals surface area (Å²) in [5, 5.41) is 11.5. The fourth-order valence-electron chi connectivity index (χ4n) is 3.88. The number of aliphatic hydroxyl groups is 1. The summed E-state index contributed by atoms with van der Waals surface area (Å²) in [6.07, 6.45) is 3.21. The average molecular weight is 433 g/mol. The van der Waals surface area contributed by atoms with Gasteiger partial charge in [0.05, 0.1) is 11.6 Å². The lowest BCUT2D eigenvalue weighted by atomic mass is 9.95. The van der Waals surface area contributed by atoms with E-state index in [4.69, 9.17) is 11.6 Å². The Morgan fingerprint density at radius 1 is 1.06 bits per heavy atom. The van der Waals surface area contributed by atoms with Crippen molar-refractivity contribution >= 4 is 29.1 Å². The number of aromatic nitrogens is 1. The highest BCUT2D eigenvalue weighted by Gasteiger charge is 2.46. The Balaban J connectivity index is 1.87. The lowest BCUT2D eigenvalue weighted by Crippen LogP contribution is -2.29. The van der Waals surface area contributed by atoms with Crippen molar-refractivity contribution in [2.24, 2.45) is 0 Å². The fourth-order valence-corrected chi connectivity index (χ4v) is 4.07. The van der Waals surface area contributed by atoms with Gasteiger partial charge in [-0.2, -0.15) is 0 Å². The molecule has 2 aromatic carbocycles. The molecular weight excluding hydrogens is 412 g/mol. The molecule has 156 valence electrons. The Kier molecular flexibility index (Phi) is 5.61. The molecule has 1 unspecified atom stereocenters. The second-order valence-electron chi connectivity index (χ2n) is 7.65. The zero-order valence-electron chi connectivity index (χ0n) is 17.2. The van der Waals surface area contributed by atoms with E-state index in [1.54, 1.807) is 48.8 Å². The molecule has 4 rings (SSSR count). The first-order valence-corrected chi connectivity index (χ1v) is 10.2. The van der Waals surface area contributed by atoms with Crippen molar-refractivity contribution in [1.29, 1.82) is 0 Å². The zero-order chi connectivity index (χ0) is 22.1. The second kappa shape index (κ2) is 8.36. The van der Waals surface area contributed by atoms with Gasteiger partial charge in [-0.05, 0) is 54.8 Å². The number of amides is 1. The van der Waals surface area contributed by atoms with Crippen LogP contribution in [0.15, 0.2) is 72.6 Å². The first-order chi connectivity index (χ1) is 14.9. The number of aryl methyl sites for hydroxylation is 2. The molecule has 1 aromatic heterocycles. The number of nitrogens with zero attached hydrogens (tertiary/aromatic N) is 2. The van der Waals surface area contributed by atoms with E-state index in [2.05, 4.69) is 4.98 Å². The monoisotopic (exact) mass is 432 g/mol. The predicted molar refractivity (Wildman–Crippen MR) is 119 cm³/mol. The van der Waals surface area contributed by atoms with Crippen LogP contribution >= 0.6 is 11.6 Å². The number of halogens is 1. The third-order valence-electron chi connectivity index (χ3n) is 5.51. The summed E-state index contributed by atoms with van der Waals surface area (Å²) in [6.45, 7) is 4.20. The van der Waals surface area contributed by atoms with Gasteiger partial charge in [0.2, 0.25) is 0 Å². The van der Waals surface area contributed by atoms with E-state index >= 15 is 0 Å². The highest BCUT2D eigenvalue weighted by Crippen LogP contribution is 2.40. The molecule has 1 saturated heterocycles. The molecule has 2 heterocycles. The Bertz CT molecular complexity index is 1200. The van der Waals surface area contributed by atoms with Gasteiger partial charge in [-0.25, -0.2) is 0 Å². The number of hydrogen-bond donors (Lipinski definition) is 1. The maximum absolute atomic E-state index is 13.1. The van der Waals surface area contributed by atoms with Gasteiger partial charge in [-0.1, -0.05) is 47.5 Å². The number of Topliss-reactive ketones (excluding diaryl/α,β-unsaturated/α-hetero) is 1. The maximum Gasteiger partial charge on any atom is 0.295 e. The highest BCUT2D eigenvalue weighted by atomic mass is 35.5. The summed E-state index contributed by atoms with van der Waals surface area (Å²) >= 11 is 6.08. The van der Waals surface area contributed by atoms with Gasteiger partial charge in [-0.15, -0.1) is 0 Å². The molecule has 0 radical (unpaired) electrons. The van der Waals surface area contributed by atoms with Crippen molar-refractivity contribution in [2.75, 3.05) is 0 Å². The SMILES string of the molecule is Cc1ccc(C)c(CN2C(=O)C(=O)/C(=C(/O)c3cccc(Cl)c3)C2c2ccncc2)c1. The van der Waals surface area contributed by atoms with Gasteiger partial charge in [0.15, 0.2) is 0 Å². The van der Waals surface area contributed by atoms with Crippen LogP contribution in [0.2, 0.25) is 5.02 Å². The normalized spacial score (nSPS) is 17.9.